The lowest BCUT2D eigenvalue weighted by molar-refractivity contribution is 0.354. The first kappa shape index (κ1) is 18.7. The number of benzene rings is 2. The molecule has 2 aromatic rings. The number of anilines is 1. The topological polar surface area (TPSA) is 42.9 Å². The molecule has 136 valence electrons. The summed E-state index contributed by atoms with van der Waals surface area (Å²) in [6.07, 6.45) is 1.44. The number of aliphatic imine (C=N–C) groups is 1. The summed E-state index contributed by atoms with van der Waals surface area (Å²) in [5, 5.41) is 4.01. The Morgan fingerprint density at radius 3 is 2.69 bits per heavy atom. The monoisotopic (exact) mass is 388 g/mol. The summed E-state index contributed by atoms with van der Waals surface area (Å²) in [4.78, 5) is 5.40. The van der Waals surface area contributed by atoms with Crippen LogP contribution in [0.25, 0.3) is 0 Å². The minimum Gasteiger partial charge on any atom is -0.493 e. The van der Waals surface area contributed by atoms with Crippen LogP contribution < -0.4 is 14.8 Å². The van der Waals surface area contributed by atoms with Gasteiger partial charge in [0.1, 0.15) is 0 Å². The smallest absolute Gasteiger partial charge is 0.161 e. The third-order valence-corrected chi connectivity index (χ3v) is 5.13. The number of rotatable bonds is 5. The molecule has 0 atom stereocenters. The van der Waals surface area contributed by atoms with Gasteiger partial charge >= 0.3 is 0 Å². The van der Waals surface area contributed by atoms with Crippen molar-refractivity contribution in [1.82, 2.24) is 0 Å². The predicted octanol–water partition coefficient (Wildman–Crippen LogP) is 4.84. The molecule has 0 amide bonds. The lowest BCUT2D eigenvalue weighted by Crippen LogP contribution is -2.20. The van der Waals surface area contributed by atoms with Crippen molar-refractivity contribution in [3.05, 3.63) is 52.0 Å². The zero-order valence-corrected chi connectivity index (χ0v) is 16.6. The number of thiocarbonyl (C=S) groups is 1. The lowest BCUT2D eigenvalue weighted by atomic mass is 9.95. The highest BCUT2D eigenvalue weighted by atomic mass is 35.5. The van der Waals surface area contributed by atoms with Crippen LogP contribution in [0, 0.1) is 6.92 Å². The van der Waals surface area contributed by atoms with Crippen LogP contribution in [0.4, 0.5) is 5.69 Å². The summed E-state index contributed by atoms with van der Waals surface area (Å²) < 4.78 is 10.8. The van der Waals surface area contributed by atoms with Gasteiger partial charge in [0, 0.05) is 35.0 Å². The Balaban J connectivity index is 1.82. The molecule has 0 bridgehead atoms. The van der Waals surface area contributed by atoms with Gasteiger partial charge in [-0.15, -0.1) is 0 Å². The summed E-state index contributed by atoms with van der Waals surface area (Å²) in [5.74, 6) is 1.44. The van der Waals surface area contributed by atoms with E-state index in [0.717, 1.165) is 46.3 Å². The van der Waals surface area contributed by atoms with Crippen molar-refractivity contribution in [2.75, 3.05) is 26.1 Å². The second kappa shape index (κ2) is 8.06. The highest BCUT2D eigenvalue weighted by Crippen LogP contribution is 2.33. The Morgan fingerprint density at radius 2 is 1.96 bits per heavy atom. The van der Waals surface area contributed by atoms with E-state index < -0.39 is 0 Å². The maximum atomic E-state index is 6.19. The Kier molecular flexibility index (Phi) is 5.79. The van der Waals surface area contributed by atoms with Crippen molar-refractivity contribution in [2.45, 2.75) is 19.8 Å². The van der Waals surface area contributed by atoms with E-state index in [0.29, 0.717) is 17.2 Å². The zero-order chi connectivity index (χ0) is 18.7. The second-order valence-electron chi connectivity index (χ2n) is 6.08. The molecule has 0 aliphatic carbocycles. The fraction of sp³-hybridized carbons (Fsp3) is 0.300. The Hall–Kier alpha value is -2.11. The zero-order valence-electron chi connectivity index (χ0n) is 15.1. The molecular weight excluding hydrogens is 368 g/mol. The summed E-state index contributed by atoms with van der Waals surface area (Å²) in [5.41, 5.74) is 5.14. The fourth-order valence-corrected chi connectivity index (χ4v) is 3.45. The van der Waals surface area contributed by atoms with E-state index in [1.165, 1.54) is 5.56 Å². The van der Waals surface area contributed by atoms with E-state index in [4.69, 9.17) is 33.3 Å². The first-order valence-electron chi connectivity index (χ1n) is 8.37. The molecule has 0 spiro atoms. The maximum absolute atomic E-state index is 6.19. The Labute approximate surface area is 164 Å². The van der Waals surface area contributed by atoms with E-state index >= 15 is 0 Å². The Morgan fingerprint density at radius 1 is 1.23 bits per heavy atom. The molecule has 0 saturated heterocycles. The van der Waals surface area contributed by atoms with E-state index in [1.807, 2.05) is 37.3 Å². The molecule has 0 radical (unpaired) electrons. The van der Waals surface area contributed by atoms with Crippen molar-refractivity contribution in [1.29, 1.82) is 0 Å². The fourth-order valence-electron chi connectivity index (χ4n) is 3.03. The Bertz CT molecular complexity index is 880. The SMILES string of the molecule is COc1cc2c(cc1OC)C(CC(=S)Nc1cccc(Cl)c1C)=NCC2. The van der Waals surface area contributed by atoms with Gasteiger partial charge in [0.2, 0.25) is 0 Å². The van der Waals surface area contributed by atoms with Crippen molar-refractivity contribution in [3.63, 3.8) is 0 Å². The van der Waals surface area contributed by atoms with Crippen molar-refractivity contribution < 1.29 is 9.47 Å². The number of fused-ring (bicyclic) bond motifs is 1. The van der Waals surface area contributed by atoms with Gasteiger partial charge < -0.3 is 14.8 Å². The van der Waals surface area contributed by atoms with E-state index in [1.54, 1.807) is 14.2 Å². The number of hydrogen-bond acceptors (Lipinski definition) is 4. The van der Waals surface area contributed by atoms with Gasteiger partial charge in [-0.05, 0) is 48.7 Å². The average Bonchev–Trinajstić information content (AvgIpc) is 2.64. The molecule has 0 aromatic heterocycles. The van der Waals surface area contributed by atoms with Crippen LogP contribution >= 0.6 is 23.8 Å². The van der Waals surface area contributed by atoms with Gasteiger partial charge in [-0.1, -0.05) is 29.9 Å². The minimum atomic E-state index is 0.559. The van der Waals surface area contributed by atoms with Gasteiger partial charge in [-0.3, -0.25) is 4.99 Å². The first-order chi connectivity index (χ1) is 12.5. The van der Waals surface area contributed by atoms with E-state index in [-0.39, 0.29) is 0 Å². The number of ether oxygens (including phenoxy) is 2. The molecule has 0 saturated carbocycles. The van der Waals surface area contributed by atoms with Crippen LogP contribution in [0.1, 0.15) is 23.1 Å². The summed E-state index contributed by atoms with van der Waals surface area (Å²) >= 11 is 11.8. The molecule has 0 fully saturated rings. The van der Waals surface area contributed by atoms with E-state index in [2.05, 4.69) is 10.3 Å². The largest absolute Gasteiger partial charge is 0.493 e. The minimum absolute atomic E-state index is 0.559. The summed E-state index contributed by atoms with van der Waals surface area (Å²) in [7, 11) is 3.28. The van der Waals surface area contributed by atoms with Gasteiger partial charge in [-0.25, -0.2) is 0 Å². The standard InChI is InChI=1S/C20H21ClN2O2S/c1-12-15(21)5-4-6-16(12)23-20(26)11-17-14-10-19(25-3)18(24-2)9-13(14)7-8-22-17/h4-6,9-10H,7-8,11H2,1-3H3,(H,23,26). The quantitative estimate of drug-likeness (QED) is 0.744. The van der Waals surface area contributed by atoms with Crippen LogP contribution in [0.2, 0.25) is 5.02 Å². The number of nitrogens with zero attached hydrogens (tertiary/aromatic N) is 1. The number of hydrogen-bond donors (Lipinski definition) is 1. The van der Waals surface area contributed by atoms with Crippen LogP contribution in [-0.2, 0) is 6.42 Å². The molecule has 3 rings (SSSR count). The van der Waals surface area contributed by atoms with Gasteiger partial charge in [0.15, 0.2) is 11.5 Å². The molecule has 0 unspecified atom stereocenters. The molecule has 4 nitrogen and oxygen atoms in total. The molecule has 1 aliphatic rings. The molecule has 1 N–H and O–H groups in total. The molecule has 6 heteroatoms. The lowest BCUT2D eigenvalue weighted by Gasteiger charge is -2.20. The van der Waals surface area contributed by atoms with Crippen molar-refractivity contribution >= 4 is 40.2 Å². The molecule has 1 heterocycles. The van der Waals surface area contributed by atoms with Crippen molar-refractivity contribution in [2.24, 2.45) is 4.99 Å². The van der Waals surface area contributed by atoms with Crippen LogP contribution in [-0.4, -0.2) is 31.5 Å². The highest BCUT2D eigenvalue weighted by molar-refractivity contribution is 7.80. The third-order valence-electron chi connectivity index (χ3n) is 4.47. The van der Waals surface area contributed by atoms with Gasteiger partial charge in [-0.2, -0.15) is 0 Å². The number of methoxy groups -OCH3 is 2. The molecule has 26 heavy (non-hydrogen) atoms. The van der Waals surface area contributed by atoms with Gasteiger partial charge in [0.25, 0.3) is 0 Å². The number of nitrogens with one attached hydrogen (secondary N) is 1. The molecular formula is C20H21ClN2O2S. The van der Waals surface area contributed by atoms with Gasteiger partial charge in [0.05, 0.1) is 19.2 Å². The van der Waals surface area contributed by atoms with E-state index in [9.17, 15) is 0 Å². The third kappa shape index (κ3) is 3.84. The molecule has 1 aliphatic heterocycles. The van der Waals surface area contributed by atoms with Crippen LogP contribution in [0.5, 0.6) is 11.5 Å². The summed E-state index contributed by atoms with van der Waals surface area (Å²) in [6, 6.07) is 9.76. The summed E-state index contributed by atoms with van der Waals surface area (Å²) in [6.45, 7) is 2.72. The van der Waals surface area contributed by atoms with Crippen molar-refractivity contribution in [3.8, 4) is 11.5 Å². The average molecular weight is 389 g/mol. The predicted molar refractivity (Wildman–Crippen MR) is 112 cm³/mol. The number of halogens is 1. The second-order valence-corrected chi connectivity index (χ2v) is 6.98. The maximum Gasteiger partial charge on any atom is 0.161 e. The normalized spacial score (nSPS) is 12.8. The van der Waals surface area contributed by atoms with Crippen LogP contribution in [0.3, 0.4) is 0 Å². The first-order valence-corrected chi connectivity index (χ1v) is 9.15. The highest BCUT2D eigenvalue weighted by Gasteiger charge is 2.19. The molecule has 2 aromatic carbocycles. The van der Waals surface area contributed by atoms with Crippen LogP contribution in [0.15, 0.2) is 35.3 Å².